The van der Waals surface area contributed by atoms with Gasteiger partial charge in [-0.1, -0.05) is 15.9 Å². The van der Waals surface area contributed by atoms with Gasteiger partial charge in [-0.3, -0.25) is 0 Å². The van der Waals surface area contributed by atoms with Crippen molar-refractivity contribution in [2.75, 3.05) is 20.7 Å². The molecule has 0 spiro atoms. The number of rotatable bonds is 2. The lowest BCUT2D eigenvalue weighted by Gasteiger charge is -2.14. The van der Waals surface area contributed by atoms with E-state index in [0.717, 1.165) is 15.8 Å². The van der Waals surface area contributed by atoms with Crippen molar-refractivity contribution in [3.63, 3.8) is 0 Å². The van der Waals surface area contributed by atoms with Gasteiger partial charge in [-0.05, 0) is 18.2 Å². The van der Waals surface area contributed by atoms with E-state index in [9.17, 15) is 4.79 Å². The van der Waals surface area contributed by atoms with Crippen molar-refractivity contribution in [3.05, 3.63) is 28.2 Å². The molecule has 1 fully saturated rings. The molecule has 4 nitrogen and oxygen atoms in total. The Kier molecular flexibility index (Phi) is 3.05. The quantitative estimate of drug-likeness (QED) is 0.904. The molecule has 0 bridgehead atoms. The first-order chi connectivity index (χ1) is 7.61. The summed E-state index contributed by atoms with van der Waals surface area (Å²) < 4.78 is 6.27. The Morgan fingerprint density at radius 1 is 1.56 bits per heavy atom. The molecule has 5 heteroatoms. The Bertz CT molecular complexity index is 422. The van der Waals surface area contributed by atoms with Crippen LogP contribution in [-0.4, -0.2) is 31.6 Å². The van der Waals surface area contributed by atoms with Crippen LogP contribution in [0.4, 0.5) is 4.79 Å². The average Bonchev–Trinajstić information content (AvgIpc) is 2.59. The largest absolute Gasteiger partial charge is 0.496 e. The van der Waals surface area contributed by atoms with Gasteiger partial charge in [0.1, 0.15) is 5.75 Å². The van der Waals surface area contributed by atoms with Gasteiger partial charge in [0.05, 0.1) is 13.2 Å². The third kappa shape index (κ3) is 2.00. The van der Waals surface area contributed by atoms with Crippen LogP contribution in [0.25, 0.3) is 0 Å². The number of likely N-dealkylation sites (N-methyl/N-ethyl adjacent to an activating group) is 1. The number of nitrogens with zero attached hydrogens (tertiary/aromatic N) is 1. The summed E-state index contributed by atoms with van der Waals surface area (Å²) in [5.74, 6) is 0.795. The van der Waals surface area contributed by atoms with Gasteiger partial charge in [-0.25, -0.2) is 4.79 Å². The maximum atomic E-state index is 11.4. The lowest BCUT2D eigenvalue weighted by atomic mass is 10.1. The van der Waals surface area contributed by atoms with E-state index in [4.69, 9.17) is 4.74 Å². The molecule has 0 aromatic heterocycles. The second-order valence-electron chi connectivity index (χ2n) is 3.77. The second kappa shape index (κ2) is 4.33. The van der Waals surface area contributed by atoms with E-state index < -0.39 is 0 Å². The number of hydrogen-bond donors (Lipinski definition) is 1. The SMILES string of the molecule is COc1ccc(Br)cc1C1CN(C)C(=O)N1. The number of carbonyl (C=O) groups excluding carboxylic acids is 1. The van der Waals surface area contributed by atoms with Gasteiger partial charge >= 0.3 is 6.03 Å². The number of methoxy groups -OCH3 is 1. The Labute approximate surface area is 103 Å². The minimum absolute atomic E-state index is 0.00931. The van der Waals surface area contributed by atoms with Crippen LogP contribution in [0.2, 0.25) is 0 Å². The molecule has 86 valence electrons. The van der Waals surface area contributed by atoms with E-state index in [0.29, 0.717) is 6.54 Å². The van der Waals surface area contributed by atoms with Gasteiger partial charge in [0.2, 0.25) is 0 Å². The molecular weight excluding hydrogens is 272 g/mol. The molecule has 1 heterocycles. The fourth-order valence-electron chi connectivity index (χ4n) is 1.82. The fourth-order valence-corrected chi connectivity index (χ4v) is 2.19. The number of nitrogens with one attached hydrogen (secondary N) is 1. The summed E-state index contributed by atoms with van der Waals surface area (Å²) in [6, 6.07) is 5.73. The lowest BCUT2D eigenvalue weighted by molar-refractivity contribution is 0.226. The maximum Gasteiger partial charge on any atom is 0.317 e. The summed E-state index contributed by atoms with van der Waals surface area (Å²) in [4.78, 5) is 13.1. The molecular formula is C11H13BrN2O2. The summed E-state index contributed by atoms with van der Waals surface area (Å²) in [5.41, 5.74) is 0.995. The molecule has 1 atom stereocenters. The second-order valence-corrected chi connectivity index (χ2v) is 4.68. The van der Waals surface area contributed by atoms with Crippen molar-refractivity contribution < 1.29 is 9.53 Å². The first-order valence-corrected chi connectivity index (χ1v) is 5.76. The van der Waals surface area contributed by atoms with Crippen molar-refractivity contribution in [2.45, 2.75) is 6.04 Å². The summed E-state index contributed by atoms with van der Waals surface area (Å²) in [6.45, 7) is 0.658. The molecule has 1 aliphatic heterocycles. The van der Waals surface area contributed by atoms with Gasteiger partial charge in [0, 0.05) is 23.6 Å². The van der Waals surface area contributed by atoms with Crippen molar-refractivity contribution in [3.8, 4) is 5.75 Å². The van der Waals surface area contributed by atoms with Gasteiger partial charge in [0.15, 0.2) is 0 Å². The van der Waals surface area contributed by atoms with E-state index in [1.807, 2.05) is 18.2 Å². The highest BCUT2D eigenvalue weighted by molar-refractivity contribution is 9.10. The average molecular weight is 285 g/mol. The maximum absolute atomic E-state index is 11.4. The topological polar surface area (TPSA) is 41.6 Å². The lowest BCUT2D eigenvalue weighted by Crippen LogP contribution is -2.24. The zero-order valence-electron chi connectivity index (χ0n) is 9.16. The number of ether oxygens (including phenoxy) is 1. The number of amides is 2. The third-order valence-electron chi connectivity index (χ3n) is 2.67. The van der Waals surface area contributed by atoms with Crippen LogP contribution in [0.1, 0.15) is 11.6 Å². The Balaban J connectivity index is 2.33. The number of carbonyl (C=O) groups is 1. The van der Waals surface area contributed by atoms with Crippen LogP contribution in [0.5, 0.6) is 5.75 Å². The Morgan fingerprint density at radius 3 is 2.88 bits per heavy atom. The summed E-state index contributed by atoms with van der Waals surface area (Å²) in [6.07, 6.45) is 0. The third-order valence-corrected chi connectivity index (χ3v) is 3.16. The molecule has 0 radical (unpaired) electrons. The monoisotopic (exact) mass is 284 g/mol. The van der Waals surface area contributed by atoms with Crippen LogP contribution in [0.15, 0.2) is 22.7 Å². The van der Waals surface area contributed by atoms with E-state index in [-0.39, 0.29) is 12.1 Å². The van der Waals surface area contributed by atoms with Crippen LogP contribution in [0.3, 0.4) is 0 Å². The van der Waals surface area contributed by atoms with Crippen molar-refractivity contribution in [1.82, 2.24) is 10.2 Å². The Hall–Kier alpha value is -1.23. The van der Waals surface area contributed by atoms with Crippen LogP contribution >= 0.6 is 15.9 Å². The van der Waals surface area contributed by atoms with Crippen LogP contribution < -0.4 is 10.1 Å². The van der Waals surface area contributed by atoms with Gasteiger partial charge < -0.3 is 15.0 Å². The zero-order valence-corrected chi connectivity index (χ0v) is 10.7. The van der Waals surface area contributed by atoms with E-state index >= 15 is 0 Å². The fraction of sp³-hybridized carbons (Fsp3) is 0.364. The number of hydrogen-bond acceptors (Lipinski definition) is 2. The predicted molar refractivity (Wildman–Crippen MR) is 64.6 cm³/mol. The van der Waals surface area contributed by atoms with Crippen LogP contribution in [-0.2, 0) is 0 Å². The summed E-state index contributed by atoms with van der Waals surface area (Å²) >= 11 is 3.42. The van der Waals surface area contributed by atoms with Crippen molar-refractivity contribution in [1.29, 1.82) is 0 Å². The van der Waals surface area contributed by atoms with Crippen LogP contribution in [0, 0.1) is 0 Å². The standard InChI is InChI=1S/C11H13BrN2O2/c1-14-6-9(13-11(14)15)8-5-7(12)3-4-10(8)16-2/h3-5,9H,6H2,1-2H3,(H,13,15). The van der Waals surface area contributed by atoms with Gasteiger partial charge in [-0.2, -0.15) is 0 Å². The highest BCUT2D eigenvalue weighted by Crippen LogP contribution is 2.30. The smallest absolute Gasteiger partial charge is 0.317 e. The number of halogens is 1. The van der Waals surface area contributed by atoms with Gasteiger partial charge in [-0.15, -0.1) is 0 Å². The molecule has 1 aliphatic rings. The highest BCUT2D eigenvalue weighted by Gasteiger charge is 2.28. The van der Waals surface area contributed by atoms with Gasteiger partial charge in [0.25, 0.3) is 0 Å². The zero-order chi connectivity index (χ0) is 11.7. The first kappa shape index (κ1) is 11.3. The molecule has 1 unspecified atom stereocenters. The molecule has 0 aliphatic carbocycles. The number of urea groups is 1. The summed E-state index contributed by atoms with van der Waals surface area (Å²) in [5, 5.41) is 2.91. The molecule has 2 rings (SSSR count). The molecule has 16 heavy (non-hydrogen) atoms. The van der Waals surface area contributed by atoms with E-state index in [1.54, 1.807) is 19.1 Å². The summed E-state index contributed by atoms with van der Waals surface area (Å²) in [7, 11) is 3.41. The van der Waals surface area contributed by atoms with E-state index in [1.165, 1.54) is 0 Å². The molecule has 1 saturated heterocycles. The van der Waals surface area contributed by atoms with E-state index in [2.05, 4.69) is 21.2 Å². The Morgan fingerprint density at radius 2 is 2.31 bits per heavy atom. The first-order valence-electron chi connectivity index (χ1n) is 4.97. The number of benzene rings is 1. The molecule has 1 aromatic carbocycles. The molecule has 2 amide bonds. The van der Waals surface area contributed by atoms with Crippen molar-refractivity contribution >= 4 is 22.0 Å². The van der Waals surface area contributed by atoms with Crippen molar-refractivity contribution in [2.24, 2.45) is 0 Å². The molecule has 0 saturated carbocycles. The highest BCUT2D eigenvalue weighted by atomic mass is 79.9. The molecule has 1 aromatic rings. The normalized spacial score (nSPS) is 19.8. The minimum Gasteiger partial charge on any atom is -0.496 e. The predicted octanol–water partition coefficient (Wildman–Crippen LogP) is 2.15. The minimum atomic E-state index is -0.0490. The molecule has 1 N–H and O–H groups in total.